The number of nitrogens with two attached hydrogens (primary N) is 1. The third kappa shape index (κ3) is 4.08. The Morgan fingerprint density at radius 2 is 1.73 bits per heavy atom. The quantitative estimate of drug-likeness (QED) is 0.590. The van der Waals surface area contributed by atoms with Gasteiger partial charge in [0.2, 0.25) is 0 Å². The van der Waals surface area contributed by atoms with Crippen molar-refractivity contribution in [2.24, 2.45) is 5.73 Å². The Morgan fingerprint density at radius 3 is 2.50 bits per heavy atom. The Hall–Kier alpha value is -3.54. The second kappa shape index (κ2) is 8.45. The lowest BCUT2D eigenvalue weighted by atomic mass is 9.99. The molecule has 0 radical (unpaired) electrons. The first-order valence-corrected chi connectivity index (χ1v) is 10.3. The number of anilines is 2. The van der Waals surface area contributed by atoms with Crippen LogP contribution in [0.15, 0.2) is 60.7 Å². The maximum atomic E-state index is 13.3. The van der Waals surface area contributed by atoms with Crippen LogP contribution in [0.3, 0.4) is 0 Å². The molecule has 3 aromatic rings. The number of benzene rings is 3. The predicted molar refractivity (Wildman–Crippen MR) is 121 cm³/mol. The lowest BCUT2D eigenvalue weighted by molar-refractivity contribution is 0.0940. The molecule has 1 saturated heterocycles. The van der Waals surface area contributed by atoms with E-state index in [0.29, 0.717) is 11.3 Å². The highest BCUT2D eigenvalue weighted by molar-refractivity contribution is 6.02. The molecule has 3 amide bonds. The first-order valence-electron chi connectivity index (χ1n) is 10.3. The Kier molecular flexibility index (Phi) is 5.57. The van der Waals surface area contributed by atoms with Crippen molar-refractivity contribution in [2.75, 3.05) is 23.3 Å². The van der Waals surface area contributed by atoms with Gasteiger partial charge in [0.1, 0.15) is 0 Å². The molecule has 154 valence electrons. The van der Waals surface area contributed by atoms with E-state index in [1.165, 1.54) is 0 Å². The smallest absolute Gasteiger partial charge is 0.316 e. The molecule has 0 aromatic heterocycles. The summed E-state index contributed by atoms with van der Waals surface area (Å²) in [5.41, 5.74) is 8.25. The largest absolute Gasteiger partial charge is 0.371 e. The summed E-state index contributed by atoms with van der Waals surface area (Å²) < 4.78 is 0. The normalized spacial score (nSPS) is 14.5. The van der Waals surface area contributed by atoms with E-state index in [1.807, 2.05) is 37.3 Å². The molecule has 1 heterocycles. The first kappa shape index (κ1) is 19.8. The molecule has 4 rings (SSSR count). The zero-order chi connectivity index (χ0) is 21.1. The maximum Gasteiger partial charge on any atom is 0.316 e. The number of carbonyl (C=O) groups excluding carboxylic acids is 2. The molecule has 1 aliphatic heterocycles. The zero-order valence-electron chi connectivity index (χ0n) is 17.0. The second-order valence-corrected chi connectivity index (χ2v) is 7.68. The van der Waals surface area contributed by atoms with E-state index in [0.717, 1.165) is 48.0 Å². The van der Waals surface area contributed by atoms with E-state index in [4.69, 9.17) is 5.73 Å². The number of amides is 3. The van der Waals surface area contributed by atoms with E-state index >= 15 is 0 Å². The summed E-state index contributed by atoms with van der Waals surface area (Å²) in [6, 6.07) is 18.8. The Balaban J connectivity index is 1.64. The highest BCUT2D eigenvalue weighted by Crippen LogP contribution is 2.29. The van der Waals surface area contributed by atoms with Crippen molar-refractivity contribution in [3.63, 3.8) is 0 Å². The average molecular weight is 402 g/mol. The molecule has 1 fully saturated rings. The minimum absolute atomic E-state index is 0.176. The summed E-state index contributed by atoms with van der Waals surface area (Å²) in [4.78, 5) is 26.8. The standard InChI is InChI=1S/C24H26N4O2/c1-16(19-10-6-8-17-7-2-3-9-20(17)19)26-23(29)21-15-18(27-24(25)30)11-12-22(21)28-13-4-5-14-28/h2-3,6-12,15-16H,4-5,13-14H2,1H3,(H,26,29)(H3,25,27,30)/t16-/m1/s1. The molecule has 6 nitrogen and oxygen atoms in total. The van der Waals surface area contributed by atoms with Gasteiger partial charge in [-0.15, -0.1) is 0 Å². The van der Waals surface area contributed by atoms with Crippen molar-refractivity contribution >= 4 is 34.1 Å². The van der Waals surface area contributed by atoms with Crippen molar-refractivity contribution in [3.05, 3.63) is 71.8 Å². The second-order valence-electron chi connectivity index (χ2n) is 7.68. The Bertz CT molecular complexity index is 1080. The fourth-order valence-electron chi connectivity index (χ4n) is 4.15. The van der Waals surface area contributed by atoms with Gasteiger partial charge < -0.3 is 21.3 Å². The predicted octanol–water partition coefficient (Wildman–Crippen LogP) is 4.42. The van der Waals surface area contributed by atoms with Crippen LogP contribution in [0, 0.1) is 0 Å². The van der Waals surface area contributed by atoms with Gasteiger partial charge in [0.05, 0.1) is 11.6 Å². The summed E-state index contributed by atoms with van der Waals surface area (Å²) in [6.45, 7) is 3.82. The SMILES string of the molecule is C[C@@H](NC(=O)c1cc(NC(N)=O)ccc1N1CCCC1)c1cccc2ccccc12. The molecule has 1 atom stereocenters. The minimum Gasteiger partial charge on any atom is -0.371 e. The number of hydrogen-bond acceptors (Lipinski definition) is 3. The zero-order valence-corrected chi connectivity index (χ0v) is 17.0. The molecule has 0 unspecified atom stereocenters. The number of hydrogen-bond donors (Lipinski definition) is 3. The molecule has 6 heteroatoms. The fraction of sp³-hybridized carbons (Fsp3) is 0.250. The minimum atomic E-state index is -0.653. The first-order chi connectivity index (χ1) is 14.5. The molecule has 0 aliphatic carbocycles. The van der Waals surface area contributed by atoms with Crippen molar-refractivity contribution in [1.82, 2.24) is 5.32 Å². The molecule has 1 aliphatic rings. The number of carbonyl (C=O) groups is 2. The molecule has 30 heavy (non-hydrogen) atoms. The number of fused-ring (bicyclic) bond motifs is 1. The van der Waals surface area contributed by atoms with Crippen LogP contribution >= 0.6 is 0 Å². The van der Waals surface area contributed by atoms with E-state index in [1.54, 1.807) is 12.1 Å². The summed E-state index contributed by atoms with van der Waals surface area (Å²) in [5, 5.41) is 7.97. The number of nitrogens with one attached hydrogen (secondary N) is 2. The van der Waals surface area contributed by atoms with Gasteiger partial charge in [-0.2, -0.15) is 0 Å². The summed E-state index contributed by atoms with van der Waals surface area (Å²) in [7, 11) is 0. The number of primary amides is 1. The van der Waals surface area contributed by atoms with Crippen molar-refractivity contribution in [3.8, 4) is 0 Å². The van der Waals surface area contributed by atoms with Crippen LogP contribution in [-0.2, 0) is 0 Å². The fourth-order valence-corrected chi connectivity index (χ4v) is 4.15. The molecule has 3 aromatic carbocycles. The molecular weight excluding hydrogens is 376 g/mol. The van der Waals surface area contributed by atoms with E-state index in [-0.39, 0.29) is 11.9 Å². The van der Waals surface area contributed by atoms with Crippen molar-refractivity contribution in [2.45, 2.75) is 25.8 Å². The van der Waals surface area contributed by atoms with Crippen LogP contribution in [0.4, 0.5) is 16.2 Å². The molecule has 0 spiro atoms. The number of nitrogens with zero attached hydrogens (tertiary/aromatic N) is 1. The van der Waals surface area contributed by atoms with Crippen molar-refractivity contribution in [1.29, 1.82) is 0 Å². The molecule has 0 bridgehead atoms. The Morgan fingerprint density at radius 1 is 1.00 bits per heavy atom. The average Bonchev–Trinajstić information content (AvgIpc) is 3.27. The van der Waals surface area contributed by atoms with E-state index in [2.05, 4.69) is 33.7 Å². The number of urea groups is 1. The van der Waals surface area contributed by atoms with Crippen LogP contribution in [0.1, 0.15) is 41.7 Å². The monoisotopic (exact) mass is 402 g/mol. The topological polar surface area (TPSA) is 87.5 Å². The summed E-state index contributed by atoms with van der Waals surface area (Å²) in [5.74, 6) is -0.176. The van der Waals surface area contributed by atoms with Crippen LogP contribution in [0.5, 0.6) is 0 Å². The van der Waals surface area contributed by atoms with Gasteiger partial charge in [-0.25, -0.2) is 4.79 Å². The summed E-state index contributed by atoms with van der Waals surface area (Å²) in [6.07, 6.45) is 2.21. The molecule has 0 saturated carbocycles. The highest BCUT2D eigenvalue weighted by atomic mass is 16.2. The van der Waals surface area contributed by atoms with Crippen LogP contribution in [-0.4, -0.2) is 25.0 Å². The van der Waals surface area contributed by atoms with Crippen molar-refractivity contribution < 1.29 is 9.59 Å². The van der Waals surface area contributed by atoms with Gasteiger partial charge in [-0.3, -0.25) is 4.79 Å². The molecule has 4 N–H and O–H groups in total. The van der Waals surface area contributed by atoms with E-state index in [9.17, 15) is 9.59 Å². The third-order valence-electron chi connectivity index (χ3n) is 5.59. The van der Waals surface area contributed by atoms with Gasteiger partial charge in [-0.1, -0.05) is 42.5 Å². The van der Waals surface area contributed by atoms with E-state index < -0.39 is 6.03 Å². The summed E-state index contributed by atoms with van der Waals surface area (Å²) >= 11 is 0. The van der Waals surface area contributed by atoms with Crippen LogP contribution in [0.25, 0.3) is 10.8 Å². The van der Waals surface area contributed by atoms with Crippen LogP contribution < -0.4 is 21.3 Å². The Labute approximate surface area is 176 Å². The lowest BCUT2D eigenvalue weighted by Crippen LogP contribution is -2.30. The lowest BCUT2D eigenvalue weighted by Gasteiger charge is -2.23. The highest BCUT2D eigenvalue weighted by Gasteiger charge is 2.22. The van der Waals surface area contributed by atoms with Gasteiger partial charge in [-0.05, 0) is 54.3 Å². The van der Waals surface area contributed by atoms with Gasteiger partial charge >= 0.3 is 6.03 Å². The molecular formula is C24H26N4O2. The third-order valence-corrected chi connectivity index (χ3v) is 5.59. The van der Waals surface area contributed by atoms with Gasteiger partial charge in [0.15, 0.2) is 0 Å². The number of rotatable bonds is 5. The van der Waals surface area contributed by atoms with Gasteiger partial charge in [0.25, 0.3) is 5.91 Å². The van der Waals surface area contributed by atoms with Gasteiger partial charge in [0, 0.05) is 24.5 Å². The van der Waals surface area contributed by atoms with Crippen LogP contribution in [0.2, 0.25) is 0 Å². The maximum absolute atomic E-state index is 13.3.